The fourth-order valence-corrected chi connectivity index (χ4v) is 14.5. The minimum absolute atomic E-state index is 0. The molecule has 0 amide bonds. The minimum Gasteiger partial charge on any atom is -0.306 e. The van der Waals surface area contributed by atoms with Gasteiger partial charge in [0.15, 0.2) is 0 Å². The second-order valence-corrected chi connectivity index (χ2v) is 44.6. The maximum absolute atomic E-state index is 4.14. The number of hydrazone groups is 2. The molecular formula is C112H258N6Si. The summed E-state index contributed by atoms with van der Waals surface area (Å²) in [6.45, 7) is 72.9. The molecule has 0 aromatic heterocycles. The van der Waals surface area contributed by atoms with Gasteiger partial charge in [0.05, 0.1) is 0 Å². The van der Waals surface area contributed by atoms with Crippen molar-refractivity contribution < 1.29 is 0 Å². The Hall–Kier alpha value is -2.14. The molecule has 740 valence electrons. The molecule has 0 atom stereocenters. The van der Waals surface area contributed by atoms with Crippen LogP contribution in [0.4, 0.5) is 0 Å². The van der Waals surface area contributed by atoms with E-state index in [9.17, 15) is 0 Å². The van der Waals surface area contributed by atoms with Gasteiger partial charge in [0.25, 0.3) is 0 Å². The van der Waals surface area contributed by atoms with Crippen LogP contribution >= 0.6 is 0 Å². The summed E-state index contributed by atoms with van der Waals surface area (Å²) in [5.41, 5.74) is 13.1. The van der Waals surface area contributed by atoms with Crippen molar-refractivity contribution in [2.75, 3.05) is 54.4 Å². The molecule has 2 saturated heterocycles. The van der Waals surface area contributed by atoms with Crippen LogP contribution in [-0.4, -0.2) is 105 Å². The summed E-state index contributed by atoms with van der Waals surface area (Å²) >= 11 is 0. The zero-order valence-electron chi connectivity index (χ0n) is 77.7. The van der Waals surface area contributed by atoms with Crippen molar-refractivity contribution in [3.63, 3.8) is 0 Å². The van der Waals surface area contributed by atoms with Crippen LogP contribution in [0.1, 0.15) is 563 Å². The first-order chi connectivity index (χ1) is 47.9. The lowest BCUT2D eigenvalue weighted by Gasteiger charge is -2.39. The fourth-order valence-electron chi connectivity index (χ4n) is 13.1. The predicted molar refractivity (Wildman–Crippen MR) is 588 cm³/mol. The Morgan fingerprint density at radius 2 is 0.613 bits per heavy atom. The van der Waals surface area contributed by atoms with E-state index in [-0.39, 0.29) is 119 Å². The predicted octanol–water partition coefficient (Wildman–Crippen LogP) is 41.6. The molecule has 7 heteroatoms. The van der Waals surface area contributed by atoms with E-state index >= 15 is 0 Å². The van der Waals surface area contributed by atoms with Crippen molar-refractivity contribution in [3.8, 4) is 11.8 Å². The molecule has 0 aromatic rings. The monoisotopic (exact) mass is 1720 g/mol. The summed E-state index contributed by atoms with van der Waals surface area (Å²) < 4.78 is 0. The number of fused-ring (bicyclic) bond motifs is 2. The summed E-state index contributed by atoms with van der Waals surface area (Å²) in [7, 11) is 7.72. The average molecular weight is 1720 g/mol. The number of hydrogen-bond acceptors (Lipinski definition) is 6. The van der Waals surface area contributed by atoms with Crippen LogP contribution in [0.2, 0.25) is 25.7 Å². The highest BCUT2D eigenvalue weighted by molar-refractivity contribution is 6.76. The van der Waals surface area contributed by atoms with Gasteiger partial charge in [-0.1, -0.05) is 399 Å². The molecule has 11 rings (SSSR count). The summed E-state index contributed by atoms with van der Waals surface area (Å²) in [4.78, 5) is 4.85. The Morgan fingerprint density at radius 3 is 0.714 bits per heavy atom. The van der Waals surface area contributed by atoms with Gasteiger partial charge < -0.3 is 4.90 Å². The van der Waals surface area contributed by atoms with Crippen molar-refractivity contribution in [1.82, 2.24) is 19.8 Å². The van der Waals surface area contributed by atoms with E-state index in [1.165, 1.54) is 279 Å². The van der Waals surface area contributed by atoms with Crippen molar-refractivity contribution >= 4 is 19.5 Å². The molecule has 4 heterocycles. The maximum atomic E-state index is 4.14. The molecule has 4 aliphatic heterocycles. The second-order valence-electron chi connectivity index (χ2n) is 39.0. The SMILES string of the molecule is C.C.C.C.C.C.C.C.C.C.C.C.C.C.C.C.C1CCCCC1.CC#CCCC.CC1(C)CC1.CC1(C)CCC(C)(C)CC1.CC12CCC(C)(CC1)C2.CC1=C(C)CC1.CC1=CC=C(C)CC1.CC1=NN(C)CC1.CC1=NN(C)CC1.CCCC.CCCCC.CCCCCC.CCCC[Si](C)(C)C.CN1C(C)(C)CCC1(C)C.CN1CCCC1. The molecule has 0 radical (unpaired) electrons. The maximum Gasteiger partial charge on any atom is 0.0442 e. The van der Waals surface area contributed by atoms with Crippen LogP contribution < -0.4 is 0 Å². The summed E-state index contributed by atoms with van der Waals surface area (Å²) in [5.74, 6) is 5.77. The number of likely N-dealkylation sites (tertiary alicyclic amines) is 2. The Morgan fingerprint density at radius 1 is 0.336 bits per heavy atom. The van der Waals surface area contributed by atoms with Gasteiger partial charge >= 0.3 is 0 Å². The third-order valence-electron chi connectivity index (χ3n) is 23.2. The normalized spacial score (nSPS) is 20.1. The molecule has 119 heavy (non-hydrogen) atoms. The van der Waals surface area contributed by atoms with Gasteiger partial charge in [-0.3, -0.25) is 14.9 Å². The van der Waals surface area contributed by atoms with E-state index in [0.29, 0.717) is 21.9 Å². The number of allylic oxidation sites excluding steroid dienone is 6. The van der Waals surface area contributed by atoms with Gasteiger partial charge in [0, 0.05) is 77.0 Å². The van der Waals surface area contributed by atoms with Gasteiger partial charge in [0.1, 0.15) is 0 Å². The molecule has 7 fully saturated rings. The lowest BCUT2D eigenvalue weighted by atomic mass is 9.67. The van der Waals surface area contributed by atoms with Gasteiger partial charge in [0.2, 0.25) is 0 Å². The number of hydrogen-bond donors (Lipinski definition) is 0. The topological polar surface area (TPSA) is 37.7 Å². The average Bonchev–Trinajstić information content (AvgIpc) is 1.63. The van der Waals surface area contributed by atoms with Gasteiger partial charge in [-0.15, -0.1) is 11.8 Å². The molecule has 6 nitrogen and oxygen atoms in total. The van der Waals surface area contributed by atoms with Crippen LogP contribution in [0.3, 0.4) is 0 Å². The Kier molecular flexibility index (Phi) is 133. The van der Waals surface area contributed by atoms with Crippen molar-refractivity contribution in [2.24, 2.45) is 37.3 Å². The summed E-state index contributed by atoms with van der Waals surface area (Å²) in [6.07, 6.45) is 59.8. The van der Waals surface area contributed by atoms with Gasteiger partial charge in [-0.05, 0) is 259 Å². The molecular weight excluding hydrogens is 1460 g/mol. The standard InChI is InChI=1S/C10H20.C9H19N.C9H16.C8H12.C7H18Si.C6H10.C6H12.C6H14.C6H10.2C5H10N2.C5H11N.C5H10.C5H12.C4H10.16CH4/c1-9(2)5-7-10(3,4)8-6-9;1-8(2)6-7-9(3,4)10(8)5;1-8-3-5-9(2,7-8)6-4-8;1-7-3-5-8(2)6-4-7;1-5-6-7-8(2,3)4;1-5-3-4-6(5)2;1-2-4-6-5-3-1;2*1-3-5-6-4-2;2*1-5-3-4-7(2)6-5;1-6-4-2-3-5-6;1-5(2)3-4-5;1-3-5-4-2;1-3-4-2;;;;;;;;;;;;;;;;/h5-8H2,1-4H3;6-7H2,1-5H3;3-7H2,1-2H3;3,5H,4,6H2,1-2H3;5-7H2,1-4H3;3-4H2,1-2H3;1-6H2;3-6H2,1-2H3;3,5H2,1-2H3;2*3-4H2,1-2H3;2-5H2,1H3;3-4H2,1-2H3;3-5H2,1-2H3;3-4H2,1-2H3;16*1H4. The summed E-state index contributed by atoms with van der Waals surface area (Å²) in [6, 6.07) is 1.50. The molecule has 5 saturated carbocycles. The Bertz CT molecular complexity index is 2090. The molecule has 0 spiro atoms. The smallest absolute Gasteiger partial charge is 0.0442 e. The van der Waals surface area contributed by atoms with Crippen LogP contribution in [-0.2, 0) is 0 Å². The first-order valence-electron chi connectivity index (χ1n) is 44.2. The van der Waals surface area contributed by atoms with Crippen molar-refractivity contribution in [3.05, 3.63) is 34.4 Å². The molecule has 0 aromatic carbocycles. The van der Waals surface area contributed by atoms with Crippen LogP contribution in [0.5, 0.6) is 0 Å². The quantitative estimate of drug-likeness (QED) is 0.0946. The lowest BCUT2D eigenvalue weighted by Crippen LogP contribution is -2.44. The van der Waals surface area contributed by atoms with E-state index in [1.807, 2.05) is 31.0 Å². The van der Waals surface area contributed by atoms with Gasteiger partial charge in [-0.2, -0.15) is 10.2 Å². The van der Waals surface area contributed by atoms with Crippen LogP contribution in [0, 0.1) is 38.9 Å². The minimum atomic E-state index is -0.678. The Labute approximate surface area is 771 Å². The number of rotatable bonds is 10. The first-order valence-corrected chi connectivity index (χ1v) is 47.9. The van der Waals surface area contributed by atoms with Crippen molar-refractivity contribution in [1.29, 1.82) is 0 Å². The molecule has 0 N–H and O–H groups in total. The highest BCUT2D eigenvalue weighted by atomic mass is 28.3. The molecule has 11 aliphatic rings. The summed E-state index contributed by atoms with van der Waals surface area (Å²) in [5, 5.41) is 12.2. The highest BCUT2D eigenvalue weighted by Crippen LogP contribution is 2.61. The van der Waals surface area contributed by atoms with E-state index in [0.717, 1.165) is 48.6 Å². The van der Waals surface area contributed by atoms with E-state index in [1.54, 1.807) is 11.1 Å². The number of nitrogens with zero attached hydrogens (tertiary/aromatic N) is 6. The fraction of sp³-hybridized carbons (Fsp3) is 0.911. The van der Waals surface area contributed by atoms with E-state index in [2.05, 4.69) is 258 Å². The largest absolute Gasteiger partial charge is 0.306 e. The van der Waals surface area contributed by atoms with Crippen LogP contribution in [0.15, 0.2) is 44.6 Å². The highest BCUT2D eigenvalue weighted by Gasteiger charge is 2.48. The molecule has 2 bridgehead atoms. The van der Waals surface area contributed by atoms with E-state index < -0.39 is 8.07 Å². The third kappa shape index (κ3) is 105. The zero-order chi connectivity index (χ0) is 79.8. The molecule has 7 aliphatic carbocycles. The molecule has 0 unspecified atom stereocenters. The lowest BCUT2D eigenvalue weighted by molar-refractivity contribution is 0.115. The van der Waals surface area contributed by atoms with Crippen molar-refractivity contribution in [2.45, 2.75) is 599 Å². The van der Waals surface area contributed by atoms with Gasteiger partial charge in [-0.25, -0.2) is 0 Å². The second kappa shape index (κ2) is 95.0. The van der Waals surface area contributed by atoms with E-state index in [4.69, 9.17) is 0 Å². The first kappa shape index (κ1) is 167. The Balaban J connectivity index is -0.0000000488. The number of unbranched alkanes of at least 4 members (excludes halogenated alkanes) is 8. The zero-order valence-corrected chi connectivity index (χ0v) is 78.7. The van der Waals surface area contributed by atoms with Crippen LogP contribution in [0.25, 0.3) is 0 Å². The third-order valence-corrected chi connectivity index (χ3v) is 25.0.